The van der Waals surface area contributed by atoms with E-state index in [9.17, 15) is 0 Å². The molecule has 4 heteroatoms. The molecule has 1 fully saturated rings. The lowest BCUT2D eigenvalue weighted by Crippen LogP contribution is -2.22. The summed E-state index contributed by atoms with van der Waals surface area (Å²) in [6, 6.07) is 0. The van der Waals surface area contributed by atoms with Gasteiger partial charge in [-0.15, -0.1) is 23.5 Å². The Morgan fingerprint density at radius 3 is 2.40 bits per heavy atom. The molecule has 0 unspecified atom stereocenters. The van der Waals surface area contributed by atoms with Crippen LogP contribution in [0.2, 0.25) is 0 Å². The number of thioether (sulfide) groups is 2. The molecular formula is C6H11NOS2. The molecule has 58 valence electrons. The minimum atomic E-state index is 0.0365. The van der Waals surface area contributed by atoms with Crippen molar-refractivity contribution < 1.29 is 5.21 Å². The van der Waals surface area contributed by atoms with E-state index in [2.05, 4.69) is 12.1 Å². The Morgan fingerprint density at radius 1 is 1.50 bits per heavy atom. The van der Waals surface area contributed by atoms with Gasteiger partial charge in [-0.2, -0.15) is 0 Å². The molecular weight excluding hydrogens is 166 g/mol. The van der Waals surface area contributed by atoms with Crippen LogP contribution >= 0.6 is 23.5 Å². The van der Waals surface area contributed by atoms with Crippen LogP contribution in [0, 0.1) is 0 Å². The fraction of sp³-hybridized carbons (Fsp3) is 0.833. The van der Waals surface area contributed by atoms with Crippen molar-refractivity contribution in [3.05, 3.63) is 0 Å². The van der Waals surface area contributed by atoms with Crippen molar-refractivity contribution in [2.45, 2.75) is 17.9 Å². The maximum atomic E-state index is 8.52. The SMILES string of the molecule is C/C(=N\O)C1(C)SCCS1. The third-order valence-electron chi connectivity index (χ3n) is 1.65. The van der Waals surface area contributed by atoms with Crippen molar-refractivity contribution in [1.82, 2.24) is 0 Å². The summed E-state index contributed by atoms with van der Waals surface area (Å²) in [4.78, 5) is 0. The lowest BCUT2D eigenvalue weighted by Gasteiger charge is -2.19. The van der Waals surface area contributed by atoms with Crippen molar-refractivity contribution in [3.63, 3.8) is 0 Å². The maximum Gasteiger partial charge on any atom is 0.0993 e. The molecule has 0 aromatic rings. The van der Waals surface area contributed by atoms with E-state index < -0.39 is 0 Å². The Kier molecular flexibility index (Phi) is 2.52. The van der Waals surface area contributed by atoms with Gasteiger partial charge in [-0.1, -0.05) is 5.16 Å². The second-order valence-electron chi connectivity index (χ2n) is 2.33. The molecule has 0 aromatic heterocycles. The molecule has 0 aromatic carbocycles. The molecule has 1 heterocycles. The van der Waals surface area contributed by atoms with Crippen LogP contribution in [0.3, 0.4) is 0 Å². The van der Waals surface area contributed by atoms with Crippen molar-refractivity contribution in [2.24, 2.45) is 5.16 Å². The van der Waals surface area contributed by atoms with Gasteiger partial charge in [-0.25, -0.2) is 0 Å². The fourth-order valence-electron chi connectivity index (χ4n) is 0.814. The summed E-state index contributed by atoms with van der Waals surface area (Å²) in [5.74, 6) is 2.32. The summed E-state index contributed by atoms with van der Waals surface area (Å²) in [6.07, 6.45) is 0. The zero-order chi connectivity index (χ0) is 7.61. The van der Waals surface area contributed by atoms with E-state index in [0.717, 1.165) is 17.2 Å². The minimum absolute atomic E-state index is 0.0365. The molecule has 1 saturated heterocycles. The van der Waals surface area contributed by atoms with E-state index >= 15 is 0 Å². The van der Waals surface area contributed by atoms with Gasteiger partial charge in [0.2, 0.25) is 0 Å². The molecule has 0 atom stereocenters. The van der Waals surface area contributed by atoms with Crippen molar-refractivity contribution in [1.29, 1.82) is 0 Å². The highest BCUT2D eigenvalue weighted by Crippen LogP contribution is 2.44. The van der Waals surface area contributed by atoms with Crippen LogP contribution in [0.5, 0.6) is 0 Å². The van der Waals surface area contributed by atoms with E-state index in [1.165, 1.54) is 0 Å². The van der Waals surface area contributed by atoms with Gasteiger partial charge in [0.1, 0.15) is 0 Å². The van der Waals surface area contributed by atoms with Crippen LogP contribution in [-0.2, 0) is 0 Å². The number of hydrogen-bond acceptors (Lipinski definition) is 4. The lowest BCUT2D eigenvalue weighted by atomic mass is 10.3. The second-order valence-corrected chi connectivity index (χ2v) is 5.61. The molecule has 1 aliphatic rings. The summed E-state index contributed by atoms with van der Waals surface area (Å²) in [5, 5.41) is 11.7. The largest absolute Gasteiger partial charge is 0.411 e. The van der Waals surface area contributed by atoms with Crippen molar-refractivity contribution >= 4 is 29.2 Å². The van der Waals surface area contributed by atoms with E-state index in [0.29, 0.717) is 0 Å². The predicted molar refractivity (Wildman–Crippen MR) is 48.2 cm³/mol. The summed E-state index contributed by atoms with van der Waals surface area (Å²) < 4.78 is 0.0365. The summed E-state index contributed by atoms with van der Waals surface area (Å²) in [7, 11) is 0. The quantitative estimate of drug-likeness (QED) is 0.378. The fourth-order valence-corrected chi connectivity index (χ4v) is 3.59. The monoisotopic (exact) mass is 177 g/mol. The average molecular weight is 177 g/mol. The van der Waals surface area contributed by atoms with E-state index in [1.54, 1.807) is 0 Å². The van der Waals surface area contributed by atoms with E-state index in [1.807, 2.05) is 30.4 Å². The molecule has 0 radical (unpaired) electrons. The van der Waals surface area contributed by atoms with E-state index in [4.69, 9.17) is 5.21 Å². The molecule has 0 amide bonds. The van der Waals surface area contributed by atoms with Gasteiger partial charge in [-0.05, 0) is 13.8 Å². The molecule has 2 nitrogen and oxygen atoms in total. The summed E-state index contributed by atoms with van der Waals surface area (Å²) >= 11 is 3.70. The Bertz CT molecular complexity index is 152. The van der Waals surface area contributed by atoms with Crippen LogP contribution in [-0.4, -0.2) is 26.5 Å². The first-order valence-electron chi connectivity index (χ1n) is 3.16. The Morgan fingerprint density at radius 2 is 2.00 bits per heavy atom. The number of nitrogens with zero attached hydrogens (tertiary/aromatic N) is 1. The van der Waals surface area contributed by atoms with Crippen LogP contribution < -0.4 is 0 Å². The van der Waals surface area contributed by atoms with E-state index in [-0.39, 0.29) is 4.08 Å². The van der Waals surface area contributed by atoms with Crippen LogP contribution in [0.4, 0.5) is 0 Å². The normalized spacial score (nSPS) is 25.2. The highest BCUT2D eigenvalue weighted by Gasteiger charge is 2.33. The lowest BCUT2D eigenvalue weighted by molar-refractivity contribution is 0.317. The first kappa shape index (κ1) is 8.27. The molecule has 1 rings (SSSR count). The summed E-state index contributed by atoms with van der Waals surface area (Å²) in [5.41, 5.74) is 0.819. The number of rotatable bonds is 1. The van der Waals surface area contributed by atoms with Gasteiger partial charge in [0, 0.05) is 11.5 Å². The zero-order valence-corrected chi connectivity index (χ0v) is 7.76. The summed E-state index contributed by atoms with van der Waals surface area (Å²) in [6.45, 7) is 3.97. The van der Waals surface area contributed by atoms with Crippen LogP contribution in [0.15, 0.2) is 5.16 Å². The van der Waals surface area contributed by atoms with Crippen molar-refractivity contribution in [2.75, 3.05) is 11.5 Å². The average Bonchev–Trinajstić information content (AvgIpc) is 2.36. The highest BCUT2D eigenvalue weighted by molar-refractivity contribution is 8.22. The molecule has 0 spiro atoms. The zero-order valence-electron chi connectivity index (χ0n) is 6.13. The van der Waals surface area contributed by atoms with Gasteiger partial charge < -0.3 is 5.21 Å². The first-order chi connectivity index (χ1) is 4.69. The topological polar surface area (TPSA) is 32.6 Å². The molecule has 1 N–H and O–H groups in total. The smallest absolute Gasteiger partial charge is 0.0993 e. The number of oxime groups is 1. The van der Waals surface area contributed by atoms with Crippen molar-refractivity contribution in [3.8, 4) is 0 Å². The third kappa shape index (κ3) is 1.42. The van der Waals surface area contributed by atoms with Crippen LogP contribution in [0.25, 0.3) is 0 Å². The highest BCUT2D eigenvalue weighted by atomic mass is 32.2. The van der Waals surface area contributed by atoms with Gasteiger partial charge >= 0.3 is 0 Å². The Balaban J connectivity index is 2.67. The molecule has 0 saturated carbocycles. The molecule has 0 bridgehead atoms. The first-order valence-corrected chi connectivity index (χ1v) is 5.13. The minimum Gasteiger partial charge on any atom is -0.411 e. The standard InChI is InChI=1S/C6H11NOS2/c1-5(7-8)6(2)9-3-4-10-6/h8H,3-4H2,1-2H3/b7-5+. The van der Waals surface area contributed by atoms with Gasteiger partial charge in [0.15, 0.2) is 0 Å². The second kappa shape index (κ2) is 3.05. The number of hydrogen-bond donors (Lipinski definition) is 1. The molecule has 0 aliphatic carbocycles. The van der Waals surface area contributed by atoms with Gasteiger partial charge in [-0.3, -0.25) is 0 Å². The maximum absolute atomic E-state index is 8.52. The molecule has 10 heavy (non-hydrogen) atoms. The Labute approximate surface area is 69.4 Å². The Hall–Kier alpha value is 0.170. The van der Waals surface area contributed by atoms with Gasteiger partial charge in [0.25, 0.3) is 0 Å². The third-order valence-corrected chi connectivity index (χ3v) is 5.12. The van der Waals surface area contributed by atoms with Crippen LogP contribution in [0.1, 0.15) is 13.8 Å². The molecule has 1 aliphatic heterocycles. The van der Waals surface area contributed by atoms with Gasteiger partial charge in [0.05, 0.1) is 9.79 Å². The predicted octanol–water partition coefficient (Wildman–Crippen LogP) is 2.03.